The second-order valence-electron chi connectivity index (χ2n) is 3.80. The highest BCUT2D eigenvalue weighted by Crippen LogP contribution is 2.30. The molecule has 0 aliphatic heterocycles. The molecule has 0 aliphatic carbocycles. The zero-order chi connectivity index (χ0) is 13.8. The van der Waals surface area contributed by atoms with Gasteiger partial charge in [0, 0.05) is 4.47 Å². The highest BCUT2D eigenvalue weighted by Gasteiger charge is 2.10. The molecule has 0 spiro atoms. The summed E-state index contributed by atoms with van der Waals surface area (Å²) in [5.74, 6) is 0.614. The summed E-state index contributed by atoms with van der Waals surface area (Å²) >= 11 is 3.36. The van der Waals surface area contributed by atoms with Crippen molar-refractivity contribution in [3.05, 3.63) is 52.5 Å². The number of rotatable bonds is 3. The van der Waals surface area contributed by atoms with Crippen LogP contribution in [0.5, 0.6) is 11.5 Å². The second kappa shape index (κ2) is 5.75. The molecule has 0 saturated carbocycles. The molecular formula is C14H12BrNO3. The molecule has 0 amide bonds. The number of halogens is 1. The lowest BCUT2D eigenvalue weighted by Gasteiger charge is -2.10. The molecule has 0 aromatic heterocycles. The van der Waals surface area contributed by atoms with Crippen LogP contribution in [0.2, 0.25) is 0 Å². The van der Waals surface area contributed by atoms with E-state index in [-0.39, 0.29) is 0 Å². The zero-order valence-electron chi connectivity index (χ0n) is 10.2. The summed E-state index contributed by atoms with van der Waals surface area (Å²) in [7, 11) is 1.33. The molecule has 2 rings (SSSR count). The topological polar surface area (TPSA) is 61.5 Å². The molecule has 0 bridgehead atoms. The minimum atomic E-state index is -0.431. The molecule has 0 fully saturated rings. The molecule has 4 nitrogen and oxygen atoms in total. The third kappa shape index (κ3) is 3.26. The summed E-state index contributed by atoms with van der Waals surface area (Å²) in [6.45, 7) is 0. The van der Waals surface area contributed by atoms with Crippen molar-refractivity contribution in [1.82, 2.24) is 0 Å². The maximum absolute atomic E-state index is 11.5. The second-order valence-corrected chi connectivity index (χ2v) is 4.72. The van der Waals surface area contributed by atoms with Gasteiger partial charge in [-0.2, -0.15) is 0 Å². The van der Waals surface area contributed by atoms with E-state index in [9.17, 15) is 4.79 Å². The summed E-state index contributed by atoms with van der Waals surface area (Å²) in [4.78, 5) is 11.5. The van der Waals surface area contributed by atoms with Crippen molar-refractivity contribution in [3.63, 3.8) is 0 Å². The summed E-state index contributed by atoms with van der Waals surface area (Å²) in [5, 5.41) is 0. The Morgan fingerprint density at radius 1 is 1.21 bits per heavy atom. The van der Waals surface area contributed by atoms with E-state index in [1.807, 2.05) is 18.2 Å². The summed E-state index contributed by atoms with van der Waals surface area (Å²) in [5.41, 5.74) is 6.67. The van der Waals surface area contributed by atoms with Gasteiger partial charge in [0.15, 0.2) is 5.75 Å². The largest absolute Gasteiger partial charge is 0.465 e. The first-order valence-electron chi connectivity index (χ1n) is 5.51. The molecule has 0 unspecified atom stereocenters. The molecule has 2 N–H and O–H groups in total. The van der Waals surface area contributed by atoms with Gasteiger partial charge in [-0.1, -0.05) is 22.0 Å². The Kier molecular flexibility index (Phi) is 4.06. The highest BCUT2D eigenvalue weighted by atomic mass is 79.9. The lowest BCUT2D eigenvalue weighted by atomic mass is 10.2. The molecule has 2 aromatic rings. The molecule has 2 aromatic carbocycles. The van der Waals surface area contributed by atoms with E-state index in [1.54, 1.807) is 24.3 Å². The van der Waals surface area contributed by atoms with E-state index in [0.717, 1.165) is 4.47 Å². The van der Waals surface area contributed by atoms with Crippen molar-refractivity contribution in [1.29, 1.82) is 0 Å². The van der Waals surface area contributed by atoms with E-state index in [2.05, 4.69) is 20.7 Å². The quantitative estimate of drug-likeness (QED) is 0.693. The van der Waals surface area contributed by atoms with Crippen LogP contribution in [-0.2, 0) is 4.74 Å². The first kappa shape index (κ1) is 13.4. The first-order valence-corrected chi connectivity index (χ1v) is 6.30. The number of nitrogen functional groups attached to an aromatic ring is 1. The van der Waals surface area contributed by atoms with Gasteiger partial charge in [-0.05, 0) is 36.4 Å². The lowest BCUT2D eigenvalue weighted by Crippen LogP contribution is -2.02. The molecule has 98 valence electrons. The van der Waals surface area contributed by atoms with Crippen LogP contribution in [-0.4, -0.2) is 13.1 Å². The van der Waals surface area contributed by atoms with E-state index in [0.29, 0.717) is 22.7 Å². The van der Waals surface area contributed by atoms with Crippen molar-refractivity contribution >= 4 is 27.6 Å². The van der Waals surface area contributed by atoms with E-state index >= 15 is 0 Å². The van der Waals surface area contributed by atoms with Crippen LogP contribution in [0.4, 0.5) is 5.69 Å². The SMILES string of the molecule is COC(=O)c1ccc(N)c(Oc2cccc(Br)c2)c1. The van der Waals surface area contributed by atoms with Crippen molar-refractivity contribution in [2.45, 2.75) is 0 Å². The number of esters is 1. The number of carbonyl (C=O) groups is 1. The van der Waals surface area contributed by atoms with Gasteiger partial charge in [0.05, 0.1) is 18.4 Å². The molecule has 0 radical (unpaired) electrons. The van der Waals surface area contributed by atoms with Gasteiger partial charge in [-0.3, -0.25) is 0 Å². The standard InChI is InChI=1S/C14H12BrNO3/c1-18-14(17)9-5-6-12(16)13(7-9)19-11-4-2-3-10(15)8-11/h2-8H,16H2,1H3. The van der Waals surface area contributed by atoms with Gasteiger partial charge in [-0.15, -0.1) is 0 Å². The van der Waals surface area contributed by atoms with Crippen LogP contribution < -0.4 is 10.5 Å². The van der Waals surface area contributed by atoms with Gasteiger partial charge in [0.2, 0.25) is 0 Å². The zero-order valence-corrected chi connectivity index (χ0v) is 11.8. The van der Waals surface area contributed by atoms with Crippen molar-refractivity contribution in [3.8, 4) is 11.5 Å². The number of nitrogens with two attached hydrogens (primary N) is 1. The Bertz CT molecular complexity index is 613. The van der Waals surface area contributed by atoms with E-state index < -0.39 is 5.97 Å². The van der Waals surface area contributed by atoms with Crippen molar-refractivity contribution in [2.75, 3.05) is 12.8 Å². The number of carbonyl (C=O) groups excluding carboxylic acids is 1. The minimum Gasteiger partial charge on any atom is -0.465 e. The van der Waals surface area contributed by atoms with E-state index in [1.165, 1.54) is 7.11 Å². The van der Waals surface area contributed by atoms with Gasteiger partial charge < -0.3 is 15.2 Å². The van der Waals surface area contributed by atoms with Crippen LogP contribution in [0.15, 0.2) is 46.9 Å². The van der Waals surface area contributed by atoms with Crippen molar-refractivity contribution < 1.29 is 14.3 Å². The Morgan fingerprint density at radius 2 is 2.00 bits per heavy atom. The van der Waals surface area contributed by atoms with E-state index in [4.69, 9.17) is 10.5 Å². The number of hydrogen-bond donors (Lipinski definition) is 1. The monoisotopic (exact) mass is 321 g/mol. The Labute approximate surface area is 119 Å². The fourth-order valence-corrected chi connectivity index (χ4v) is 1.90. The number of hydrogen-bond acceptors (Lipinski definition) is 4. The minimum absolute atomic E-state index is 0.390. The molecule has 19 heavy (non-hydrogen) atoms. The predicted molar refractivity (Wildman–Crippen MR) is 76.4 cm³/mol. The van der Waals surface area contributed by atoms with Gasteiger partial charge in [0.1, 0.15) is 5.75 Å². The van der Waals surface area contributed by atoms with Crippen molar-refractivity contribution in [2.24, 2.45) is 0 Å². The first-order chi connectivity index (χ1) is 9.10. The predicted octanol–water partition coefficient (Wildman–Crippen LogP) is 3.61. The fraction of sp³-hybridized carbons (Fsp3) is 0.0714. The Morgan fingerprint density at radius 3 is 2.68 bits per heavy atom. The maximum Gasteiger partial charge on any atom is 0.337 e. The fourth-order valence-electron chi connectivity index (χ4n) is 1.53. The molecular weight excluding hydrogens is 310 g/mol. The third-order valence-electron chi connectivity index (χ3n) is 2.46. The average molecular weight is 322 g/mol. The number of benzene rings is 2. The number of methoxy groups -OCH3 is 1. The van der Waals surface area contributed by atoms with Crippen LogP contribution in [0.25, 0.3) is 0 Å². The molecule has 0 heterocycles. The van der Waals surface area contributed by atoms with Crippen LogP contribution in [0.3, 0.4) is 0 Å². The maximum atomic E-state index is 11.5. The normalized spacial score (nSPS) is 10.0. The van der Waals surface area contributed by atoms with Gasteiger partial charge >= 0.3 is 5.97 Å². The molecule has 5 heteroatoms. The Hall–Kier alpha value is -2.01. The van der Waals surface area contributed by atoms with Crippen LogP contribution in [0, 0.1) is 0 Å². The molecule has 0 aliphatic rings. The van der Waals surface area contributed by atoms with Crippen LogP contribution in [0.1, 0.15) is 10.4 Å². The average Bonchev–Trinajstić information content (AvgIpc) is 2.40. The number of ether oxygens (including phenoxy) is 2. The molecule has 0 saturated heterocycles. The van der Waals surface area contributed by atoms with Gasteiger partial charge in [0.25, 0.3) is 0 Å². The lowest BCUT2D eigenvalue weighted by molar-refractivity contribution is 0.0600. The van der Waals surface area contributed by atoms with Crippen LogP contribution >= 0.6 is 15.9 Å². The molecule has 0 atom stereocenters. The smallest absolute Gasteiger partial charge is 0.337 e. The van der Waals surface area contributed by atoms with Gasteiger partial charge in [-0.25, -0.2) is 4.79 Å². The Balaban J connectivity index is 2.31. The highest BCUT2D eigenvalue weighted by molar-refractivity contribution is 9.10. The summed E-state index contributed by atoms with van der Waals surface area (Å²) in [6, 6.07) is 12.1. The third-order valence-corrected chi connectivity index (χ3v) is 2.95. The summed E-state index contributed by atoms with van der Waals surface area (Å²) < 4.78 is 11.2. The summed E-state index contributed by atoms with van der Waals surface area (Å²) in [6.07, 6.45) is 0. The number of anilines is 1.